The van der Waals surface area contributed by atoms with E-state index in [9.17, 15) is 9.59 Å². The Morgan fingerprint density at radius 1 is 1.19 bits per heavy atom. The number of amides is 1. The van der Waals surface area contributed by atoms with Crippen LogP contribution in [0.25, 0.3) is 0 Å². The summed E-state index contributed by atoms with van der Waals surface area (Å²) in [5.74, 6) is -0.751. The molecule has 21 heavy (non-hydrogen) atoms. The molecule has 0 aromatic heterocycles. The topological polar surface area (TPSA) is 66.4 Å². The van der Waals surface area contributed by atoms with Gasteiger partial charge in [-0.3, -0.25) is 4.79 Å². The first-order valence-corrected chi connectivity index (χ1v) is 7.52. The summed E-state index contributed by atoms with van der Waals surface area (Å²) in [7, 11) is 0. The minimum absolute atomic E-state index is 0.0993. The van der Waals surface area contributed by atoms with Crippen LogP contribution in [-0.2, 0) is 9.59 Å². The van der Waals surface area contributed by atoms with Crippen LogP contribution in [0.4, 0.5) is 0 Å². The van der Waals surface area contributed by atoms with E-state index in [1.165, 1.54) is 0 Å². The van der Waals surface area contributed by atoms with Crippen molar-refractivity contribution in [3.63, 3.8) is 0 Å². The van der Waals surface area contributed by atoms with E-state index in [0.717, 1.165) is 12.0 Å². The molecule has 0 radical (unpaired) electrons. The molecule has 116 valence electrons. The lowest BCUT2D eigenvalue weighted by atomic mass is 9.85. The van der Waals surface area contributed by atoms with Crippen molar-refractivity contribution in [2.45, 2.75) is 52.0 Å². The quantitative estimate of drug-likeness (QED) is 0.773. The SMILES string of the molecule is CCCC(NC(=O)CC(c1ccccc1)C(C)C)C(=O)O. The Kier molecular flexibility index (Phi) is 6.92. The van der Waals surface area contributed by atoms with Crippen molar-refractivity contribution in [3.8, 4) is 0 Å². The zero-order valence-electron chi connectivity index (χ0n) is 13.0. The monoisotopic (exact) mass is 291 g/mol. The van der Waals surface area contributed by atoms with E-state index in [2.05, 4.69) is 19.2 Å². The highest BCUT2D eigenvalue weighted by Gasteiger charge is 2.23. The molecule has 0 aliphatic carbocycles. The molecule has 2 N–H and O–H groups in total. The van der Waals surface area contributed by atoms with Gasteiger partial charge in [0.25, 0.3) is 0 Å². The normalized spacial score (nSPS) is 13.7. The lowest BCUT2D eigenvalue weighted by molar-refractivity contribution is -0.142. The molecule has 0 saturated carbocycles. The molecule has 0 spiro atoms. The highest BCUT2D eigenvalue weighted by atomic mass is 16.4. The molecule has 2 atom stereocenters. The van der Waals surface area contributed by atoms with Gasteiger partial charge in [0.1, 0.15) is 6.04 Å². The van der Waals surface area contributed by atoms with Crippen LogP contribution in [0.3, 0.4) is 0 Å². The molecule has 0 heterocycles. The molecule has 4 nitrogen and oxygen atoms in total. The predicted octanol–water partition coefficient (Wildman–Crippen LogP) is 3.19. The van der Waals surface area contributed by atoms with Crippen LogP contribution >= 0.6 is 0 Å². The van der Waals surface area contributed by atoms with Crippen LogP contribution < -0.4 is 5.32 Å². The van der Waals surface area contributed by atoms with Crippen molar-refractivity contribution in [1.82, 2.24) is 5.32 Å². The molecule has 0 fully saturated rings. The van der Waals surface area contributed by atoms with Gasteiger partial charge >= 0.3 is 5.97 Å². The third kappa shape index (κ3) is 5.58. The zero-order valence-corrected chi connectivity index (χ0v) is 13.0. The highest BCUT2D eigenvalue weighted by molar-refractivity contribution is 5.83. The summed E-state index contributed by atoms with van der Waals surface area (Å²) in [4.78, 5) is 23.2. The Balaban J connectivity index is 2.71. The van der Waals surface area contributed by atoms with Crippen LogP contribution in [0.5, 0.6) is 0 Å². The Hall–Kier alpha value is -1.84. The molecule has 0 saturated heterocycles. The summed E-state index contributed by atoms with van der Waals surface area (Å²) in [6, 6.07) is 9.10. The van der Waals surface area contributed by atoms with E-state index < -0.39 is 12.0 Å². The van der Waals surface area contributed by atoms with Crippen molar-refractivity contribution in [2.75, 3.05) is 0 Å². The second kappa shape index (κ2) is 8.45. The van der Waals surface area contributed by atoms with Gasteiger partial charge in [-0.25, -0.2) is 4.79 Å². The first-order chi connectivity index (χ1) is 9.95. The van der Waals surface area contributed by atoms with Crippen LogP contribution in [-0.4, -0.2) is 23.0 Å². The molecule has 0 aliphatic heterocycles. The second-order valence-corrected chi connectivity index (χ2v) is 5.71. The maximum Gasteiger partial charge on any atom is 0.326 e. The van der Waals surface area contributed by atoms with Gasteiger partial charge in [0.15, 0.2) is 0 Å². The van der Waals surface area contributed by atoms with Crippen molar-refractivity contribution in [1.29, 1.82) is 0 Å². The van der Waals surface area contributed by atoms with E-state index in [0.29, 0.717) is 18.8 Å². The van der Waals surface area contributed by atoms with Gasteiger partial charge in [-0.15, -0.1) is 0 Å². The summed E-state index contributed by atoms with van der Waals surface area (Å²) in [6.07, 6.45) is 1.50. The van der Waals surface area contributed by atoms with E-state index in [4.69, 9.17) is 5.11 Å². The number of aliphatic carboxylic acids is 1. The van der Waals surface area contributed by atoms with E-state index >= 15 is 0 Å². The van der Waals surface area contributed by atoms with Gasteiger partial charge in [0.2, 0.25) is 5.91 Å². The first kappa shape index (κ1) is 17.2. The lowest BCUT2D eigenvalue weighted by Gasteiger charge is -2.22. The zero-order chi connectivity index (χ0) is 15.8. The smallest absolute Gasteiger partial charge is 0.326 e. The number of nitrogens with one attached hydrogen (secondary N) is 1. The Bertz CT molecular complexity index is 456. The fourth-order valence-corrected chi connectivity index (χ4v) is 2.44. The molecule has 0 bridgehead atoms. The number of carboxylic acids is 1. The van der Waals surface area contributed by atoms with Crippen molar-refractivity contribution < 1.29 is 14.7 Å². The molecule has 1 aromatic carbocycles. The maximum absolute atomic E-state index is 12.1. The fraction of sp³-hybridized carbons (Fsp3) is 0.529. The van der Waals surface area contributed by atoms with Gasteiger partial charge in [0.05, 0.1) is 0 Å². The average Bonchev–Trinajstić information content (AvgIpc) is 2.44. The predicted molar refractivity (Wildman–Crippen MR) is 83.1 cm³/mol. The second-order valence-electron chi connectivity index (χ2n) is 5.71. The molecular formula is C17H25NO3. The van der Waals surface area contributed by atoms with Crippen molar-refractivity contribution in [3.05, 3.63) is 35.9 Å². The van der Waals surface area contributed by atoms with Crippen molar-refractivity contribution >= 4 is 11.9 Å². The van der Waals surface area contributed by atoms with Gasteiger partial charge in [-0.05, 0) is 23.8 Å². The first-order valence-electron chi connectivity index (χ1n) is 7.52. The molecule has 1 amide bonds. The number of hydrogen-bond acceptors (Lipinski definition) is 2. The largest absolute Gasteiger partial charge is 0.480 e. The summed E-state index contributed by atoms with van der Waals surface area (Å²) in [5.41, 5.74) is 1.12. The van der Waals surface area contributed by atoms with Crippen LogP contribution in [0.1, 0.15) is 51.5 Å². The van der Waals surface area contributed by atoms with Gasteiger partial charge < -0.3 is 10.4 Å². The van der Waals surface area contributed by atoms with Crippen LogP contribution in [0.2, 0.25) is 0 Å². The number of hydrogen-bond donors (Lipinski definition) is 2. The highest BCUT2D eigenvalue weighted by Crippen LogP contribution is 2.27. The molecule has 1 rings (SSSR count). The number of rotatable bonds is 8. The van der Waals surface area contributed by atoms with Crippen LogP contribution in [0.15, 0.2) is 30.3 Å². The van der Waals surface area contributed by atoms with Gasteiger partial charge in [-0.1, -0.05) is 57.5 Å². The molecule has 4 heteroatoms. The standard InChI is InChI=1S/C17H25NO3/c1-4-8-15(17(20)21)18-16(19)11-14(12(2)3)13-9-6-5-7-10-13/h5-7,9-10,12,14-15H,4,8,11H2,1-3H3,(H,18,19)(H,20,21). The Morgan fingerprint density at radius 3 is 2.29 bits per heavy atom. The van der Waals surface area contributed by atoms with Crippen LogP contribution in [0, 0.1) is 5.92 Å². The Labute approximate surface area is 126 Å². The lowest BCUT2D eigenvalue weighted by Crippen LogP contribution is -2.41. The number of carbonyl (C=O) groups excluding carboxylic acids is 1. The molecule has 0 aliphatic rings. The number of benzene rings is 1. The van der Waals surface area contributed by atoms with E-state index in [1.54, 1.807) is 0 Å². The van der Waals surface area contributed by atoms with Crippen molar-refractivity contribution in [2.24, 2.45) is 5.92 Å². The number of carbonyl (C=O) groups is 2. The van der Waals surface area contributed by atoms with E-state index in [-0.39, 0.29) is 11.8 Å². The minimum atomic E-state index is -0.967. The Morgan fingerprint density at radius 2 is 1.81 bits per heavy atom. The molecule has 2 unspecified atom stereocenters. The maximum atomic E-state index is 12.1. The fourth-order valence-electron chi connectivity index (χ4n) is 2.44. The summed E-state index contributed by atoms with van der Waals surface area (Å²) >= 11 is 0. The minimum Gasteiger partial charge on any atom is -0.480 e. The number of carboxylic acid groups (broad SMARTS) is 1. The third-order valence-electron chi connectivity index (χ3n) is 3.65. The summed E-state index contributed by atoms with van der Waals surface area (Å²) in [5, 5.41) is 11.7. The molecular weight excluding hydrogens is 266 g/mol. The van der Waals surface area contributed by atoms with E-state index in [1.807, 2.05) is 37.3 Å². The third-order valence-corrected chi connectivity index (χ3v) is 3.65. The van der Waals surface area contributed by atoms with Gasteiger partial charge in [-0.2, -0.15) is 0 Å². The summed E-state index contributed by atoms with van der Waals surface area (Å²) < 4.78 is 0. The van der Waals surface area contributed by atoms with Gasteiger partial charge in [0, 0.05) is 6.42 Å². The average molecular weight is 291 g/mol. The molecule has 1 aromatic rings. The summed E-state index contributed by atoms with van der Waals surface area (Å²) in [6.45, 7) is 6.06.